The molecule has 1 saturated heterocycles. The highest BCUT2D eigenvalue weighted by Gasteiger charge is 2.35. The van der Waals surface area contributed by atoms with Crippen molar-refractivity contribution in [3.63, 3.8) is 0 Å². The number of aliphatic imine (C=N–C) groups is 1. The molecule has 3 aromatic rings. The highest BCUT2D eigenvalue weighted by molar-refractivity contribution is 6.07. The van der Waals surface area contributed by atoms with Crippen LogP contribution in [0.1, 0.15) is 56.7 Å². The van der Waals surface area contributed by atoms with Crippen LogP contribution in [0.5, 0.6) is 5.75 Å². The molecule has 224 valence electrons. The van der Waals surface area contributed by atoms with E-state index in [1.165, 1.54) is 41.6 Å². The number of aromatic nitrogens is 3. The van der Waals surface area contributed by atoms with Crippen LogP contribution in [-0.2, 0) is 9.59 Å². The maximum absolute atomic E-state index is 16.1. The topological polar surface area (TPSA) is 104 Å². The smallest absolute Gasteiger partial charge is 0.246 e. The van der Waals surface area contributed by atoms with Crippen molar-refractivity contribution in [1.82, 2.24) is 24.8 Å². The Morgan fingerprint density at radius 1 is 1.19 bits per heavy atom. The van der Waals surface area contributed by atoms with E-state index in [0.29, 0.717) is 49.0 Å². The van der Waals surface area contributed by atoms with Crippen molar-refractivity contribution in [3.05, 3.63) is 71.8 Å². The van der Waals surface area contributed by atoms with Gasteiger partial charge >= 0.3 is 0 Å². The summed E-state index contributed by atoms with van der Waals surface area (Å²) < 4.78 is 37.7. The average molecular weight is 590 g/mol. The van der Waals surface area contributed by atoms with E-state index in [1.807, 2.05) is 25.7 Å². The van der Waals surface area contributed by atoms with Crippen molar-refractivity contribution in [2.45, 2.75) is 45.8 Å². The van der Waals surface area contributed by atoms with Crippen molar-refractivity contribution in [3.8, 4) is 17.0 Å². The quantitative estimate of drug-likeness (QED) is 0.187. The summed E-state index contributed by atoms with van der Waals surface area (Å²) in [4.78, 5) is 48.3. The molecule has 2 aromatic heterocycles. The summed E-state index contributed by atoms with van der Waals surface area (Å²) >= 11 is 0. The van der Waals surface area contributed by atoms with Crippen molar-refractivity contribution in [2.75, 3.05) is 31.6 Å². The predicted octanol–water partition coefficient (Wildman–Crippen LogP) is 4.78. The van der Waals surface area contributed by atoms with Gasteiger partial charge in [0.15, 0.2) is 11.6 Å². The molecule has 2 unspecified atom stereocenters. The van der Waals surface area contributed by atoms with Crippen LogP contribution in [0.4, 0.5) is 20.3 Å². The Hall–Kier alpha value is -4.74. The number of amides is 2. The van der Waals surface area contributed by atoms with Gasteiger partial charge in [-0.1, -0.05) is 26.5 Å². The number of benzene rings is 1. The van der Waals surface area contributed by atoms with Crippen molar-refractivity contribution >= 4 is 29.7 Å². The number of anilines is 2. The second kappa shape index (κ2) is 11.9. The first-order chi connectivity index (χ1) is 20.6. The molecule has 4 heterocycles. The minimum atomic E-state index is -0.823. The molecule has 0 spiro atoms. The van der Waals surface area contributed by atoms with E-state index in [4.69, 9.17) is 4.74 Å². The number of pyridine rings is 1. The maximum Gasteiger partial charge on any atom is 0.246 e. The Balaban J connectivity index is 1.79. The van der Waals surface area contributed by atoms with Crippen LogP contribution in [0.15, 0.2) is 48.2 Å². The molecule has 2 aliphatic heterocycles. The summed E-state index contributed by atoms with van der Waals surface area (Å²) in [6.45, 7) is 12.2. The third kappa shape index (κ3) is 5.21. The molecule has 5 rings (SSSR count). The van der Waals surface area contributed by atoms with Crippen LogP contribution in [0.3, 0.4) is 0 Å². The number of carbonyl (C=O) groups excluding carboxylic acids is 2. The minimum Gasteiger partial charge on any atom is -0.484 e. The first-order valence-corrected chi connectivity index (χ1v) is 14.0. The lowest BCUT2D eigenvalue weighted by atomic mass is 10.0. The zero-order valence-electron chi connectivity index (χ0n) is 24.7. The summed E-state index contributed by atoms with van der Waals surface area (Å²) in [5.74, 6) is -1.42. The number of fused-ring (bicyclic) bond motifs is 5. The first kappa shape index (κ1) is 29.7. The number of carbonyl (C=O) groups is 2. The Morgan fingerprint density at radius 2 is 1.95 bits per heavy atom. The second-order valence-electron chi connectivity index (χ2n) is 10.8. The predicted molar refractivity (Wildman–Crippen MR) is 158 cm³/mol. The second-order valence-corrected chi connectivity index (χ2v) is 10.8. The number of rotatable bonds is 4. The molecule has 12 heteroatoms. The Labute approximate surface area is 248 Å². The molecule has 0 N–H and O–H groups in total. The van der Waals surface area contributed by atoms with Crippen LogP contribution in [0.2, 0.25) is 0 Å². The summed E-state index contributed by atoms with van der Waals surface area (Å²) in [5.41, 5.74) is 0.987. The van der Waals surface area contributed by atoms with Crippen molar-refractivity contribution < 1.29 is 23.1 Å². The molecule has 43 heavy (non-hydrogen) atoms. The highest BCUT2D eigenvalue weighted by Crippen LogP contribution is 2.43. The number of ether oxygens (including phenoxy) is 1. The molecule has 1 aromatic carbocycles. The third-order valence-corrected chi connectivity index (χ3v) is 7.70. The summed E-state index contributed by atoms with van der Waals surface area (Å²) in [6, 6.07) is 5.20. The fourth-order valence-electron chi connectivity index (χ4n) is 5.67. The van der Waals surface area contributed by atoms with E-state index < -0.39 is 17.7 Å². The van der Waals surface area contributed by atoms with Crippen molar-refractivity contribution in [1.29, 1.82) is 0 Å². The summed E-state index contributed by atoms with van der Waals surface area (Å²) in [7, 11) is 1.56. The molecule has 0 aliphatic carbocycles. The van der Waals surface area contributed by atoms with Crippen LogP contribution in [0, 0.1) is 11.6 Å². The van der Waals surface area contributed by atoms with Gasteiger partial charge in [0.25, 0.3) is 0 Å². The molecule has 2 amide bonds. The van der Waals surface area contributed by atoms with Gasteiger partial charge in [-0.3, -0.25) is 19.5 Å². The Bertz CT molecular complexity index is 1630. The molecule has 1 fully saturated rings. The van der Waals surface area contributed by atoms with Gasteiger partial charge in [0.05, 0.1) is 22.5 Å². The van der Waals surface area contributed by atoms with Crippen molar-refractivity contribution in [2.24, 2.45) is 4.99 Å². The highest BCUT2D eigenvalue weighted by atomic mass is 19.1. The zero-order valence-corrected chi connectivity index (χ0v) is 24.7. The number of piperazine rings is 1. The van der Waals surface area contributed by atoms with Crippen LogP contribution in [-0.4, -0.2) is 75.6 Å². The lowest BCUT2D eigenvalue weighted by Gasteiger charge is -2.41. The van der Waals surface area contributed by atoms with Gasteiger partial charge < -0.3 is 14.5 Å². The van der Waals surface area contributed by atoms with Gasteiger partial charge in [0.2, 0.25) is 12.3 Å². The number of nitrogens with zero attached hydrogens (tertiary/aromatic N) is 7. The molecular weight excluding hydrogens is 556 g/mol. The number of hydrogen-bond donors (Lipinski definition) is 0. The fourth-order valence-corrected chi connectivity index (χ4v) is 5.67. The normalized spacial score (nSPS) is 18.5. The monoisotopic (exact) mass is 589 g/mol. The van der Waals surface area contributed by atoms with E-state index >= 15 is 8.78 Å². The SMILES string of the molecule is C=CC(=O)N1CCN(/C(=N/C)c2cc(F)c3nc2N(C=O)c2c(C(C)C)ncnc2C(C)Oc2cccc(F)c2-3)C(C)C1. The summed E-state index contributed by atoms with van der Waals surface area (Å²) in [6.07, 6.45) is 2.45. The van der Waals surface area contributed by atoms with Gasteiger partial charge in [-0.25, -0.2) is 23.7 Å². The van der Waals surface area contributed by atoms with E-state index in [0.717, 1.165) is 0 Å². The molecule has 2 atom stereocenters. The zero-order chi connectivity index (χ0) is 31.0. The molecule has 2 bridgehead atoms. The van der Waals surface area contributed by atoms with Gasteiger partial charge in [0.1, 0.15) is 41.2 Å². The third-order valence-electron chi connectivity index (χ3n) is 7.70. The maximum atomic E-state index is 16.1. The van der Waals surface area contributed by atoms with Gasteiger partial charge in [-0.15, -0.1) is 0 Å². The van der Waals surface area contributed by atoms with Gasteiger partial charge in [-0.05, 0) is 44.0 Å². The van der Waals surface area contributed by atoms with E-state index in [2.05, 4.69) is 26.5 Å². The van der Waals surface area contributed by atoms with E-state index in [9.17, 15) is 9.59 Å². The standard InChI is InChI=1S/C31H33F2N7O3/c1-7-24(42)38-11-12-39(18(4)14-38)30(34-6)20-13-22(33)28-25-21(32)9-8-10-23(25)43-19(5)27-29(40(16-41)31(20)37-28)26(17(2)3)35-15-36-27/h7-10,13,15-19H,1,11-12,14H2,2-6H3/b34-30+. The molecular formula is C31H33F2N7O3. The number of amidine groups is 1. The Morgan fingerprint density at radius 3 is 2.60 bits per heavy atom. The molecule has 10 nitrogen and oxygen atoms in total. The Kier molecular flexibility index (Phi) is 8.21. The van der Waals surface area contributed by atoms with E-state index in [-0.39, 0.29) is 46.3 Å². The summed E-state index contributed by atoms with van der Waals surface area (Å²) in [5, 5.41) is 0. The van der Waals surface area contributed by atoms with Crippen LogP contribution < -0.4 is 9.64 Å². The van der Waals surface area contributed by atoms with Gasteiger partial charge in [0, 0.05) is 32.7 Å². The van der Waals surface area contributed by atoms with E-state index in [1.54, 1.807) is 18.9 Å². The lowest BCUT2D eigenvalue weighted by molar-refractivity contribution is -0.128. The molecule has 0 saturated carbocycles. The molecule has 2 aliphatic rings. The van der Waals surface area contributed by atoms with Gasteiger partial charge in [-0.2, -0.15) is 0 Å². The number of halogens is 2. The average Bonchev–Trinajstić information content (AvgIpc) is 2.99. The van der Waals surface area contributed by atoms with Crippen LogP contribution in [0.25, 0.3) is 11.3 Å². The molecule has 0 radical (unpaired) electrons. The lowest BCUT2D eigenvalue weighted by Crippen LogP contribution is -2.55. The number of hydrogen-bond acceptors (Lipinski definition) is 7. The largest absolute Gasteiger partial charge is 0.484 e. The first-order valence-electron chi connectivity index (χ1n) is 14.0. The fraction of sp³-hybridized carbons (Fsp3) is 0.355. The minimum absolute atomic E-state index is 0.0325. The van der Waals surface area contributed by atoms with Crippen LogP contribution >= 0.6 is 0 Å².